The van der Waals surface area contributed by atoms with E-state index in [-0.39, 0.29) is 0 Å². The van der Waals surface area contributed by atoms with Gasteiger partial charge in [-0.15, -0.1) is 0 Å². The van der Waals surface area contributed by atoms with Gasteiger partial charge in [0.1, 0.15) is 0 Å². The monoisotopic (exact) mass is 602 g/mol. The lowest BCUT2D eigenvalue weighted by molar-refractivity contribution is 1.18. The van der Waals surface area contributed by atoms with E-state index < -0.39 is 8.07 Å². The van der Waals surface area contributed by atoms with Crippen molar-refractivity contribution in [3.8, 4) is 22.9 Å². The van der Waals surface area contributed by atoms with Gasteiger partial charge in [-0.05, 0) is 56.6 Å². The van der Waals surface area contributed by atoms with Crippen molar-refractivity contribution >= 4 is 50.6 Å². The van der Waals surface area contributed by atoms with Gasteiger partial charge in [0, 0.05) is 22.0 Å². The molecule has 0 radical (unpaired) electrons. The third kappa shape index (κ3) is 4.39. The molecule has 0 atom stereocenters. The Labute approximate surface area is 270 Å². The van der Waals surface area contributed by atoms with E-state index >= 15 is 0 Å². The first-order valence-corrected chi connectivity index (χ1v) is 17.6. The van der Waals surface area contributed by atoms with Crippen LogP contribution in [0.1, 0.15) is 5.56 Å². The molecule has 8 aromatic rings. The first kappa shape index (κ1) is 27.6. The van der Waals surface area contributed by atoms with E-state index in [4.69, 9.17) is 0 Å². The highest BCUT2D eigenvalue weighted by molar-refractivity contribution is 7.19. The van der Waals surface area contributed by atoms with Crippen molar-refractivity contribution in [1.82, 2.24) is 4.57 Å². The molecule has 2 nitrogen and oxygen atoms in total. The van der Waals surface area contributed by atoms with Gasteiger partial charge < -0.3 is 4.57 Å². The van der Waals surface area contributed by atoms with Crippen LogP contribution in [-0.4, -0.2) is 12.6 Å². The Morgan fingerprint density at radius 2 is 0.870 bits per heavy atom. The molecule has 0 unspecified atom stereocenters. The minimum atomic E-state index is -2.63. The summed E-state index contributed by atoms with van der Waals surface area (Å²) in [6, 6.07) is 67.6. The van der Waals surface area contributed by atoms with Crippen molar-refractivity contribution in [2.24, 2.45) is 0 Å². The number of hydrogen-bond acceptors (Lipinski definition) is 1. The SMILES string of the molecule is N#Cc1ccc(-n2c3ccccc3c3ccccc32)cc1-c1ccc([Si](c2ccccc2)(c2ccccc2)c2ccccc2)cc1. The normalized spacial score (nSPS) is 11.5. The third-order valence-corrected chi connectivity index (χ3v) is 14.0. The number of para-hydroxylation sites is 2. The summed E-state index contributed by atoms with van der Waals surface area (Å²) in [6.45, 7) is 0. The highest BCUT2D eigenvalue weighted by Crippen LogP contribution is 2.34. The van der Waals surface area contributed by atoms with Crippen LogP contribution < -0.4 is 20.7 Å². The molecule has 0 saturated carbocycles. The summed E-state index contributed by atoms with van der Waals surface area (Å²) in [5.41, 5.74) is 5.96. The Balaban J connectivity index is 1.32. The zero-order valence-corrected chi connectivity index (χ0v) is 26.2. The van der Waals surface area contributed by atoms with Gasteiger partial charge in [0.05, 0.1) is 22.7 Å². The van der Waals surface area contributed by atoms with Crippen LogP contribution in [0.5, 0.6) is 0 Å². The standard InChI is InChI=1S/C43H30N2Si/c44-31-33-24-27-34(45-42-22-12-10-20-39(42)40-21-11-13-23-43(40)45)30-41(33)32-25-28-38(29-26-32)46(35-14-4-1-5-15-35,36-16-6-2-7-17-36)37-18-8-3-9-19-37/h1-30H. The van der Waals surface area contributed by atoms with Crippen molar-refractivity contribution in [2.45, 2.75) is 0 Å². The van der Waals surface area contributed by atoms with Crippen LogP contribution in [-0.2, 0) is 0 Å². The van der Waals surface area contributed by atoms with Gasteiger partial charge in [-0.2, -0.15) is 5.26 Å². The van der Waals surface area contributed by atoms with Crippen molar-refractivity contribution in [3.63, 3.8) is 0 Å². The second kappa shape index (κ2) is 11.5. The first-order valence-electron chi connectivity index (χ1n) is 15.6. The number of nitriles is 1. The average molecular weight is 603 g/mol. The summed E-state index contributed by atoms with van der Waals surface area (Å²) in [6.07, 6.45) is 0. The van der Waals surface area contributed by atoms with E-state index in [2.05, 4.69) is 187 Å². The van der Waals surface area contributed by atoms with Crippen LogP contribution in [0.3, 0.4) is 0 Å². The number of hydrogen-bond donors (Lipinski definition) is 0. The Morgan fingerprint density at radius 1 is 0.435 bits per heavy atom. The average Bonchev–Trinajstić information content (AvgIpc) is 3.48. The molecule has 7 aromatic carbocycles. The van der Waals surface area contributed by atoms with Crippen LogP contribution in [0.2, 0.25) is 0 Å². The molecule has 216 valence electrons. The molecule has 8 rings (SSSR count). The quantitative estimate of drug-likeness (QED) is 0.142. The minimum Gasteiger partial charge on any atom is -0.309 e. The zero-order valence-electron chi connectivity index (χ0n) is 25.2. The number of nitrogens with zero attached hydrogens (tertiary/aromatic N) is 2. The maximum absolute atomic E-state index is 10.2. The Bertz CT molecular complexity index is 2200. The lowest BCUT2D eigenvalue weighted by Gasteiger charge is -2.34. The molecule has 1 aromatic heterocycles. The zero-order chi connectivity index (χ0) is 30.9. The third-order valence-electron chi connectivity index (χ3n) is 9.21. The molecule has 0 aliphatic carbocycles. The number of aromatic nitrogens is 1. The molecule has 0 fully saturated rings. The van der Waals surface area contributed by atoms with E-state index in [0.717, 1.165) is 27.8 Å². The van der Waals surface area contributed by atoms with Gasteiger partial charge in [0.25, 0.3) is 0 Å². The predicted molar refractivity (Wildman–Crippen MR) is 195 cm³/mol. The summed E-state index contributed by atoms with van der Waals surface area (Å²) < 4.78 is 2.31. The topological polar surface area (TPSA) is 28.7 Å². The van der Waals surface area contributed by atoms with E-state index in [1.54, 1.807) is 0 Å². The van der Waals surface area contributed by atoms with Crippen molar-refractivity contribution in [3.05, 3.63) is 188 Å². The van der Waals surface area contributed by atoms with E-state index in [9.17, 15) is 5.26 Å². The fraction of sp³-hybridized carbons (Fsp3) is 0. The highest BCUT2D eigenvalue weighted by Gasteiger charge is 2.41. The van der Waals surface area contributed by atoms with Crippen LogP contribution in [0.15, 0.2) is 182 Å². The van der Waals surface area contributed by atoms with Crippen LogP contribution in [0.25, 0.3) is 38.6 Å². The largest absolute Gasteiger partial charge is 0.309 e. The number of benzene rings is 7. The Kier molecular flexibility index (Phi) is 6.91. The lowest BCUT2D eigenvalue weighted by Crippen LogP contribution is -2.74. The summed E-state index contributed by atoms with van der Waals surface area (Å²) in [5, 5.41) is 18.0. The molecule has 3 heteroatoms. The molecular formula is C43H30N2Si. The van der Waals surface area contributed by atoms with E-state index in [1.165, 1.54) is 31.5 Å². The molecule has 0 aliphatic heterocycles. The fourth-order valence-corrected chi connectivity index (χ4v) is 11.9. The van der Waals surface area contributed by atoms with Gasteiger partial charge in [0.2, 0.25) is 0 Å². The molecule has 0 saturated heterocycles. The molecule has 0 aliphatic rings. The molecule has 0 amide bonds. The lowest BCUT2D eigenvalue weighted by atomic mass is 9.99. The molecule has 46 heavy (non-hydrogen) atoms. The molecule has 0 N–H and O–H groups in total. The predicted octanol–water partition coefficient (Wildman–Crippen LogP) is 7.70. The van der Waals surface area contributed by atoms with Crippen molar-refractivity contribution in [2.75, 3.05) is 0 Å². The van der Waals surface area contributed by atoms with Gasteiger partial charge >= 0.3 is 0 Å². The summed E-state index contributed by atoms with van der Waals surface area (Å²) in [4.78, 5) is 0. The highest BCUT2D eigenvalue weighted by atomic mass is 28.3. The second-order valence-corrected chi connectivity index (χ2v) is 15.4. The molecule has 0 bridgehead atoms. The summed E-state index contributed by atoms with van der Waals surface area (Å²) in [7, 11) is -2.63. The maximum atomic E-state index is 10.2. The van der Waals surface area contributed by atoms with Crippen molar-refractivity contribution < 1.29 is 0 Å². The van der Waals surface area contributed by atoms with Gasteiger partial charge in [-0.3, -0.25) is 0 Å². The van der Waals surface area contributed by atoms with Crippen molar-refractivity contribution in [1.29, 1.82) is 5.26 Å². The van der Waals surface area contributed by atoms with Crippen LogP contribution in [0, 0.1) is 11.3 Å². The van der Waals surface area contributed by atoms with Gasteiger partial charge in [0.15, 0.2) is 8.07 Å². The van der Waals surface area contributed by atoms with E-state index in [0.29, 0.717) is 5.56 Å². The van der Waals surface area contributed by atoms with Gasteiger partial charge in [-0.25, -0.2) is 0 Å². The summed E-state index contributed by atoms with van der Waals surface area (Å²) in [5.74, 6) is 0. The van der Waals surface area contributed by atoms with Crippen LogP contribution in [0.4, 0.5) is 0 Å². The Morgan fingerprint density at radius 3 is 1.35 bits per heavy atom. The smallest absolute Gasteiger partial charge is 0.179 e. The molecular weight excluding hydrogens is 573 g/mol. The number of fused-ring (bicyclic) bond motifs is 3. The Hall–Kier alpha value is -5.95. The number of rotatable bonds is 6. The summed E-state index contributed by atoms with van der Waals surface area (Å²) >= 11 is 0. The second-order valence-electron chi connectivity index (χ2n) is 11.6. The first-order chi connectivity index (χ1) is 22.8. The van der Waals surface area contributed by atoms with Gasteiger partial charge in [-0.1, -0.05) is 152 Å². The van der Waals surface area contributed by atoms with Crippen LogP contribution >= 0.6 is 0 Å². The minimum absolute atomic E-state index is 0.662. The maximum Gasteiger partial charge on any atom is 0.179 e. The fourth-order valence-electron chi connectivity index (χ4n) is 7.17. The molecule has 1 heterocycles. The van der Waals surface area contributed by atoms with E-state index in [1.807, 2.05) is 6.07 Å². The molecule has 0 spiro atoms.